The fourth-order valence-corrected chi connectivity index (χ4v) is 2.68. The lowest BCUT2D eigenvalue weighted by atomic mass is 10.1. The van der Waals surface area contributed by atoms with E-state index in [0.29, 0.717) is 19.0 Å². The summed E-state index contributed by atoms with van der Waals surface area (Å²) in [4.78, 5) is 29.1. The van der Waals surface area contributed by atoms with Crippen LogP contribution >= 0.6 is 0 Å². The minimum atomic E-state index is -1.01. The van der Waals surface area contributed by atoms with E-state index in [4.69, 9.17) is 0 Å². The Morgan fingerprint density at radius 3 is 2.75 bits per heavy atom. The molecule has 1 saturated heterocycles. The molecule has 0 unspecified atom stereocenters. The molecule has 7 heteroatoms. The molecule has 2 amide bonds. The minimum Gasteiger partial charge on any atom is -0.350 e. The first-order valence-corrected chi connectivity index (χ1v) is 7.49. The quantitative estimate of drug-likeness (QED) is 0.934. The number of carbonyl (C=O) groups is 2. The molecule has 1 aliphatic rings. The maximum Gasteiger partial charge on any atom is 0.272 e. The fraction of sp³-hybridized carbons (Fsp3) is 0.235. The molecule has 1 aromatic heterocycles. The van der Waals surface area contributed by atoms with Crippen LogP contribution in [0.2, 0.25) is 0 Å². The van der Waals surface area contributed by atoms with Crippen LogP contribution in [0.1, 0.15) is 16.9 Å². The third-order valence-corrected chi connectivity index (χ3v) is 3.85. The highest BCUT2D eigenvalue weighted by molar-refractivity contribution is 5.96. The monoisotopic (exact) mass is 331 g/mol. The summed E-state index contributed by atoms with van der Waals surface area (Å²) in [5.41, 5.74) is 0.350. The Bertz CT molecular complexity index is 768. The van der Waals surface area contributed by atoms with Gasteiger partial charge >= 0.3 is 0 Å². The van der Waals surface area contributed by atoms with Crippen molar-refractivity contribution >= 4 is 17.5 Å². The molecule has 1 aliphatic heterocycles. The van der Waals surface area contributed by atoms with Crippen molar-refractivity contribution in [3.63, 3.8) is 0 Å². The minimum absolute atomic E-state index is 0.0217. The molecule has 5 nitrogen and oxygen atoms in total. The van der Waals surface area contributed by atoms with Gasteiger partial charge in [-0.25, -0.2) is 13.8 Å². The van der Waals surface area contributed by atoms with Gasteiger partial charge in [-0.15, -0.1) is 0 Å². The van der Waals surface area contributed by atoms with Crippen molar-refractivity contribution in [1.29, 1.82) is 0 Å². The number of nitrogens with zero attached hydrogens (tertiary/aromatic N) is 2. The summed E-state index contributed by atoms with van der Waals surface area (Å²) in [6.45, 7) is 0.689. The van der Waals surface area contributed by atoms with E-state index in [1.807, 2.05) is 30.3 Å². The fourth-order valence-electron chi connectivity index (χ4n) is 2.68. The maximum atomic E-state index is 13.5. The Hall–Kier alpha value is -2.83. The number of anilines is 1. The molecule has 0 bridgehead atoms. The number of rotatable bonds is 4. The van der Waals surface area contributed by atoms with Crippen LogP contribution in [0.3, 0.4) is 0 Å². The molecule has 3 rings (SSSR count). The lowest BCUT2D eigenvalue weighted by Crippen LogP contribution is -2.32. The second-order valence-electron chi connectivity index (χ2n) is 5.60. The molecular weight excluding hydrogens is 316 g/mol. The van der Waals surface area contributed by atoms with Crippen molar-refractivity contribution in [3.05, 3.63) is 59.9 Å². The summed E-state index contributed by atoms with van der Waals surface area (Å²) in [7, 11) is 0. The normalized spacial score (nSPS) is 17.2. The average Bonchev–Trinajstić information content (AvgIpc) is 2.94. The lowest BCUT2D eigenvalue weighted by Gasteiger charge is -2.16. The van der Waals surface area contributed by atoms with E-state index in [1.54, 1.807) is 4.90 Å². The van der Waals surface area contributed by atoms with E-state index in [0.717, 1.165) is 11.9 Å². The number of halogens is 2. The van der Waals surface area contributed by atoms with Gasteiger partial charge < -0.3 is 10.2 Å². The van der Waals surface area contributed by atoms with Crippen molar-refractivity contribution in [2.75, 3.05) is 18.0 Å². The van der Waals surface area contributed by atoms with Crippen molar-refractivity contribution in [2.45, 2.75) is 6.42 Å². The Morgan fingerprint density at radius 1 is 1.29 bits per heavy atom. The van der Waals surface area contributed by atoms with Gasteiger partial charge in [0.25, 0.3) is 5.91 Å². The molecule has 0 saturated carbocycles. The number of nitrogens with one attached hydrogen (secondary N) is 1. The van der Waals surface area contributed by atoms with E-state index in [2.05, 4.69) is 10.3 Å². The predicted molar refractivity (Wildman–Crippen MR) is 83.4 cm³/mol. The van der Waals surface area contributed by atoms with E-state index < -0.39 is 23.2 Å². The van der Waals surface area contributed by atoms with Gasteiger partial charge in [-0.3, -0.25) is 9.59 Å². The number of pyridine rings is 1. The van der Waals surface area contributed by atoms with E-state index >= 15 is 0 Å². The second kappa shape index (κ2) is 6.74. The van der Waals surface area contributed by atoms with Gasteiger partial charge in [0.05, 0.1) is 6.20 Å². The molecular formula is C17H15F2N3O2. The molecule has 0 radical (unpaired) electrons. The highest BCUT2D eigenvalue weighted by atomic mass is 19.1. The largest absolute Gasteiger partial charge is 0.350 e. The first-order chi connectivity index (χ1) is 11.5. The molecule has 124 valence electrons. The highest BCUT2D eigenvalue weighted by Crippen LogP contribution is 2.24. The summed E-state index contributed by atoms with van der Waals surface area (Å²) in [5, 5.41) is 2.55. The number of carbonyl (C=O) groups excluding carboxylic acids is 2. The molecule has 0 aliphatic carbocycles. The molecule has 1 fully saturated rings. The first kappa shape index (κ1) is 16.0. The summed E-state index contributed by atoms with van der Waals surface area (Å²) in [6, 6.07) is 9.86. The van der Waals surface area contributed by atoms with Gasteiger partial charge in [-0.1, -0.05) is 18.2 Å². The topological polar surface area (TPSA) is 62.3 Å². The van der Waals surface area contributed by atoms with Crippen LogP contribution in [0, 0.1) is 17.6 Å². The SMILES string of the molecule is O=C(NC[C@H]1CC(=O)N(c2ccccc2)C1)c1ncc(F)cc1F. The average molecular weight is 331 g/mol. The second-order valence-corrected chi connectivity index (χ2v) is 5.60. The van der Waals surface area contributed by atoms with Crippen LogP contribution in [0.15, 0.2) is 42.6 Å². The lowest BCUT2D eigenvalue weighted by molar-refractivity contribution is -0.117. The Balaban J connectivity index is 1.59. The molecule has 24 heavy (non-hydrogen) atoms. The van der Waals surface area contributed by atoms with Gasteiger partial charge in [-0.05, 0) is 12.1 Å². The highest BCUT2D eigenvalue weighted by Gasteiger charge is 2.30. The summed E-state index contributed by atoms with van der Waals surface area (Å²) in [6.07, 6.45) is 1.09. The van der Waals surface area contributed by atoms with Gasteiger partial charge in [0, 0.05) is 37.2 Å². The van der Waals surface area contributed by atoms with Crippen LogP contribution in [0.4, 0.5) is 14.5 Å². The molecule has 2 aromatic rings. The van der Waals surface area contributed by atoms with E-state index in [9.17, 15) is 18.4 Å². The summed E-state index contributed by atoms with van der Waals surface area (Å²) < 4.78 is 26.3. The van der Waals surface area contributed by atoms with E-state index in [-0.39, 0.29) is 18.4 Å². The van der Waals surface area contributed by atoms with Gasteiger partial charge in [0.2, 0.25) is 5.91 Å². The van der Waals surface area contributed by atoms with Crippen molar-refractivity contribution in [1.82, 2.24) is 10.3 Å². The molecule has 1 aromatic carbocycles. The molecule has 0 spiro atoms. The van der Waals surface area contributed by atoms with Crippen LogP contribution in [-0.2, 0) is 4.79 Å². The zero-order chi connectivity index (χ0) is 17.1. The Morgan fingerprint density at radius 2 is 2.04 bits per heavy atom. The third kappa shape index (κ3) is 3.40. The van der Waals surface area contributed by atoms with Gasteiger partial charge in [0.15, 0.2) is 11.5 Å². The molecule has 1 N–H and O–H groups in total. The maximum absolute atomic E-state index is 13.5. The van der Waals surface area contributed by atoms with Crippen molar-refractivity contribution in [2.24, 2.45) is 5.92 Å². The Labute approximate surface area is 137 Å². The smallest absolute Gasteiger partial charge is 0.272 e. The van der Waals surface area contributed by atoms with Gasteiger partial charge in [-0.2, -0.15) is 0 Å². The van der Waals surface area contributed by atoms with Crippen LogP contribution in [0.5, 0.6) is 0 Å². The zero-order valence-electron chi connectivity index (χ0n) is 12.7. The predicted octanol–water partition coefficient (Wildman–Crippen LogP) is 2.14. The number of hydrogen-bond acceptors (Lipinski definition) is 3. The standard InChI is InChI=1S/C17H15F2N3O2/c18-12-7-14(19)16(20-9-12)17(24)21-8-11-6-15(23)22(10-11)13-4-2-1-3-5-13/h1-5,7,9,11H,6,8,10H2,(H,21,24)/t11-/m1/s1. The molecule has 2 heterocycles. The number of benzene rings is 1. The Kier molecular flexibility index (Phi) is 4.50. The number of aromatic nitrogens is 1. The molecule has 1 atom stereocenters. The van der Waals surface area contributed by atoms with Crippen LogP contribution in [-0.4, -0.2) is 29.9 Å². The summed E-state index contributed by atoms with van der Waals surface area (Å²) in [5.74, 6) is -2.68. The third-order valence-electron chi connectivity index (χ3n) is 3.85. The van der Waals surface area contributed by atoms with Gasteiger partial charge in [0.1, 0.15) is 5.82 Å². The van der Waals surface area contributed by atoms with E-state index in [1.165, 1.54) is 0 Å². The zero-order valence-corrected chi connectivity index (χ0v) is 12.7. The number of amides is 2. The van der Waals surface area contributed by atoms with Crippen LogP contribution < -0.4 is 10.2 Å². The number of hydrogen-bond donors (Lipinski definition) is 1. The van der Waals surface area contributed by atoms with Crippen molar-refractivity contribution < 1.29 is 18.4 Å². The number of para-hydroxylation sites is 1. The summed E-state index contributed by atoms with van der Waals surface area (Å²) >= 11 is 0. The van der Waals surface area contributed by atoms with Crippen LogP contribution in [0.25, 0.3) is 0 Å². The first-order valence-electron chi connectivity index (χ1n) is 7.49. The van der Waals surface area contributed by atoms with Crippen molar-refractivity contribution in [3.8, 4) is 0 Å².